The summed E-state index contributed by atoms with van der Waals surface area (Å²) in [7, 11) is 4.07. The highest BCUT2D eigenvalue weighted by Crippen LogP contribution is 2.36. The summed E-state index contributed by atoms with van der Waals surface area (Å²) in [5, 5.41) is 3.64. The summed E-state index contributed by atoms with van der Waals surface area (Å²) in [6.45, 7) is 5.98. The minimum absolute atomic E-state index is 0.446. The lowest BCUT2D eigenvalue weighted by molar-refractivity contribution is 0.0989. The lowest BCUT2D eigenvalue weighted by Gasteiger charge is -2.39. The van der Waals surface area contributed by atoms with Gasteiger partial charge in [0.05, 0.1) is 13.2 Å². The van der Waals surface area contributed by atoms with E-state index in [1.54, 1.807) is 7.11 Å². The van der Waals surface area contributed by atoms with Crippen molar-refractivity contribution in [3.8, 4) is 0 Å². The number of nitrogens with zero attached hydrogens (tertiary/aromatic N) is 1. The van der Waals surface area contributed by atoms with Gasteiger partial charge in [-0.05, 0) is 31.7 Å². The number of ether oxygens (including phenoxy) is 2. The van der Waals surface area contributed by atoms with Gasteiger partial charge >= 0.3 is 0 Å². The summed E-state index contributed by atoms with van der Waals surface area (Å²) < 4.78 is 10.7. The minimum Gasteiger partial charge on any atom is -0.383 e. The summed E-state index contributed by atoms with van der Waals surface area (Å²) in [6.07, 6.45) is 9.54. The summed E-state index contributed by atoms with van der Waals surface area (Å²) in [5.41, 5.74) is 0.446. The van der Waals surface area contributed by atoms with E-state index in [2.05, 4.69) is 17.3 Å². The zero-order chi connectivity index (χ0) is 15.0. The molecule has 0 aromatic heterocycles. The van der Waals surface area contributed by atoms with Gasteiger partial charge in [-0.15, -0.1) is 0 Å². The number of hydrogen-bond acceptors (Lipinski definition) is 4. The van der Waals surface area contributed by atoms with E-state index in [0.717, 1.165) is 32.9 Å². The van der Waals surface area contributed by atoms with E-state index in [1.165, 1.54) is 51.5 Å². The Morgan fingerprint density at radius 2 is 2.00 bits per heavy atom. The smallest absolute Gasteiger partial charge is 0.0622 e. The van der Waals surface area contributed by atoms with Gasteiger partial charge in [-0.1, -0.05) is 25.7 Å². The maximum atomic E-state index is 5.56. The standard InChI is InChI=1S/C17H34N2O2/c1-19(16-7-11-21-13-16)15-17(14-18-10-12-20-2)8-5-3-4-6-9-17/h16,18H,3-15H2,1-2H3. The monoisotopic (exact) mass is 298 g/mol. The van der Waals surface area contributed by atoms with Gasteiger partial charge in [-0.25, -0.2) is 0 Å². The van der Waals surface area contributed by atoms with Crippen LogP contribution in [0, 0.1) is 5.41 Å². The predicted molar refractivity (Wildman–Crippen MR) is 86.7 cm³/mol. The molecule has 0 spiro atoms. The highest BCUT2D eigenvalue weighted by atomic mass is 16.5. The molecule has 0 amide bonds. The molecule has 1 N–H and O–H groups in total. The Kier molecular flexibility index (Phi) is 7.44. The molecule has 4 nitrogen and oxygen atoms in total. The van der Waals surface area contributed by atoms with E-state index >= 15 is 0 Å². The Labute approximate surface area is 130 Å². The highest BCUT2D eigenvalue weighted by molar-refractivity contribution is 4.88. The molecule has 1 saturated carbocycles. The summed E-state index contributed by atoms with van der Waals surface area (Å²) in [6, 6.07) is 0.629. The molecule has 1 unspecified atom stereocenters. The quantitative estimate of drug-likeness (QED) is 0.551. The van der Waals surface area contributed by atoms with Crippen LogP contribution >= 0.6 is 0 Å². The van der Waals surface area contributed by atoms with Gasteiger partial charge in [0.15, 0.2) is 0 Å². The zero-order valence-electron chi connectivity index (χ0n) is 14.0. The predicted octanol–water partition coefficient (Wildman–Crippen LogP) is 2.28. The fraction of sp³-hybridized carbons (Fsp3) is 1.00. The topological polar surface area (TPSA) is 33.7 Å². The first-order valence-corrected chi connectivity index (χ1v) is 8.73. The second kappa shape index (κ2) is 9.09. The first-order chi connectivity index (χ1) is 10.3. The molecule has 2 aliphatic rings. The summed E-state index contributed by atoms with van der Waals surface area (Å²) in [5.74, 6) is 0. The van der Waals surface area contributed by atoms with Crippen LogP contribution in [0.15, 0.2) is 0 Å². The normalized spacial score (nSPS) is 26.1. The van der Waals surface area contributed by atoms with E-state index < -0.39 is 0 Å². The lowest BCUT2D eigenvalue weighted by atomic mass is 9.79. The Morgan fingerprint density at radius 3 is 2.62 bits per heavy atom. The van der Waals surface area contributed by atoms with Crippen LogP contribution in [-0.2, 0) is 9.47 Å². The van der Waals surface area contributed by atoms with Crippen molar-refractivity contribution in [3.63, 3.8) is 0 Å². The molecular weight excluding hydrogens is 264 g/mol. The molecule has 1 heterocycles. The molecule has 1 saturated heterocycles. The molecule has 0 aromatic carbocycles. The summed E-state index contributed by atoms with van der Waals surface area (Å²) >= 11 is 0. The molecule has 2 rings (SSSR count). The number of methoxy groups -OCH3 is 1. The van der Waals surface area contributed by atoms with Gasteiger partial charge in [-0.2, -0.15) is 0 Å². The van der Waals surface area contributed by atoms with Crippen LogP contribution in [0.4, 0.5) is 0 Å². The third-order valence-corrected chi connectivity index (χ3v) is 5.26. The fourth-order valence-corrected chi connectivity index (χ4v) is 3.92. The number of hydrogen-bond donors (Lipinski definition) is 1. The molecule has 0 radical (unpaired) electrons. The van der Waals surface area contributed by atoms with E-state index in [9.17, 15) is 0 Å². The van der Waals surface area contributed by atoms with E-state index in [4.69, 9.17) is 9.47 Å². The third-order valence-electron chi connectivity index (χ3n) is 5.26. The van der Waals surface area contributed by atoms with Crippen molar-refractivity contribution in [2.75, 3.05) is 53.6 Å². The highest BCUT2D eigenvalue weighted by Gasteiger charge is 2.34. The molecule has 1 aliphatic carbocycles. The molecule has 1 aliphatic heterocycles. The van der Waals surface area contributed by atoms with Crippen molar-refractivity contribution in [2.24, 2.45) is 5.41 Å². The molecule has 0 aromatic rings. The average Bonchev–Trinajstić information content (AvgIpc) is 2.93. The molecule has 21 heavy (non-hydrogen) atoms. The third kappa shape index (κ3) is 5.51. The van der Waals surface area contributed by atoms with Crippen molar-refractivity contribution in [2.45, 2.75) is 51.0 Å². The van der Waals surface area contributed by atoms with Crippen LogP contribution in [0.25, 0.3) is 0 Å². The molecule has 124 valence electrons. The Hall–Kier alpha value is -0.160. The minimum atomic E-state index is 0.446. The average molecular weight is 298 g/mol. The van der Waals surface area contributed by atoms with Crippen molar-refractivity contribution in [1.82, 2.24) is 10.2 Å². The molecule has 2 fully saturated rings. The van der Waals surface area contributed by atoms with Crippen LogP contribution in [0.3, 0.4) is 0 Å². The van der Waals surface area contributed by atoms with Gasteiger partial charge in [0, 0.05) is 39.4 Å². The van der Waals surface area contributed by atoms with Crippen molar-refractivity contribution >= 4 is 0 Å². The Balaban J connectivity index is 1.89. The van der Waals surface area contributed by atoms with E-state index in [-0.39, 0.29) is 0 Å². The first-order valence-electron chi connectivity index (χ1n) is 8.73. The van der Waals surface area contributed by atoms with Crippen LogP contribution < -0.4 is 5.32 Å². The van der Waals surface area contributed by atoms with Crippen LogP contribution in [0.5, 0.6) is 0 Å². The Morgan fingerprint density at radius 1 is 1.24 bits per heavy atom. The lowest BCUT2D eigenvalue weighted by Crippen LogP contribution is -2.46. The van der Waals surface area contributed by atoms with Gasteiger partial charge in [0.25, 0.3) is 0 Å². The SMILES string of the molecule is COCCNCC1(CN(C)C2CCOC2)CCCCCC1. The van der Waals surface area contributed by atoms with Gasteiger partial charge in [0.1, 0.15) is 0 Å². The Bertz CT molecular complexity index is 272. The van der Waals surface area contributed by atoms with Gasteiger partial charge in [0.2, 0.25) is 0 Å². The summed E-state index contributed by atoms with van der Waals surface area (Å²) in [4.78, 5) is 2.57. The first kappa shape index (κ1) is 17.2. The largest absolute Gasteiger partial charge is 0.383 e. The van der Waals surface area contributed by atoms with Crippen LogP contribution in [0.2, 0.25) is 0 Å². The number of rotatable bonds is 8. The van der Waals surface area contributed by atoms with E-state index in [1.807, 2.05) is 0 Å². The van der Waals surface area contributed by atoms with E-state index in [0.29, 0.717) is 11.5 Å². The van der Waals surface area contributed by atoms with Crippen molar-refractivity contribution in [1.29, 1.82) is 0 Å². The van der Waals surface area contributed by atoms with Crippen molar-refractivity contribution < 1.29 is 9.47 Å². The van der Waals surface area contributed by atoms with Gasteiger partial charge in [-0.3, -0.25) is 0 Å². The van der Waals surface area contributed by atoms with Crippen molar-refractivity contribution in [3.05, 3.63) is 0 Å². The van der Waals surface area contributed by atoms with Crippen LogP contribution in [0.1, 0.15) is 44.9 Å². The van der Waals surface area contributed by atoms with Crippen LogP contribution in [-0.4, -0.2) is 64.6 Å². The number of nitrogens with one attached hydrogen (secondary N) is 1. The zero-order valence-corrected chi connectivity index (χ0v) is 14.0. The van der Waals surface area contributed by atoms with Gasteiger partial charge < -0.3 is 19.7 Å². The fourth-order valence-electron chi connectivity index (χ4n) is 3.92. The molecule has 1 atom stereocenters. The molecule has 0 bridgehead atoms. The molecule has 4 heteroatoms. The second-order valence-electron chi connectivity index (χ2n) is 7.02. The number of likely N-dealkylation sites (N-methyl/N-ethyl adjacent to an activating group) is 1. The maximum absolute atomic E-state index is 5.56. The second-order valence-corrected chi connectivity index (χ2v) is 7.02. The maximum Gasteiger partial charge on any atom is 0.0622 e. The molecular formula is C17H34N2O2.